The van der Waals surface area contributed by atoms with Gasteiger partial charge >= 0.3 is 5.97 Å². The van der Waals surface area contributed by atoms with Crippen molar-refractivity contribution in [1.82, 2.24) is 0 Å². The number of aromatic carboxylic acids is 1. The molecule has 0 aliphatic carbocycles. The lowest BCUT2D eigenvalue weighted by Gasteiger charge is -2.21. The summed E-state index contributed by atoms with van der Waals surface area (Å²) in [4.78, 5) is 27.0. The van der Waals surface area contributed by atoms with E-state index in [2.05, 4.69) is 34.5 Å². The van der Waals surface area contributed by atoms with Gasteiger partial charge in [0.05, 0.1) is 17.0 Å². The zero-order valence-corrected chi connectivity index (χ0v) is 19.8. The van der Waals surface area contributed by atoms with Crippen LogP contribution in [0, 0.1) is 6.92 Å². The van der Waals surface area contributed by atoms with Gasteiger partial charge in [-0.05, 0) is 49.6 Å². The average molecular weight is 469 g/mol. The van der Waals surface area contributed by atoms with Crippen molar-refractivity contribution in [2.45, 2.75) is 32.2 Å². The number of nitrogens with one attached hydrogen (secondary N) is 1. The third-order valence-corrected chi connectivity index (χ3v) is 6.76. The van der Waals surface area contributed by atoms with E-state index in [1.165, 1.54) is 5.56 Å². The minimum Gasteiger partial charge on any atom is -0.478 e. The molecule has 0 saturated carbocycles. The number of carbonyl (C=O) groups is 1. The van der Waals surface area contributed by atoms with Gasteiger partial charge in [-0.25, -0.2) is 4.79 Å². The standard InChI is InChI=1S/C29H28N2O4/c1-18-14-23(19(2)30-25-11-7-6-10-22(25)29(33)34)28-24(15-18)26(32)16-27(35-28)31-13-12-21(17-31)20-8-4-3-5-9-20/h3-11,14-16,19,21,30H,12-13,17H2,1-2H3,(H,33,34)/t19?,21-/m0/s1. The lowest BCUT2D eigenvalue weighted by atomic mass is 9.99. The Labute approximate surface area is 203 Å². The van der Waals surface area contributed by atoms with Gasteiger partial charge < -0.3 is 19.7 Å². The molecule has 0 spiro atoms. The number of benzene rings is 3. The topological polar surface area (TPSA) is 82.8 Å². The number of hydrogen-bond donors (Lipinski definition) is 2. The highest BCUT2D eigenvalue weighted by molar-refractivity contribution is 5.94. The van der Waals surface area contributed by atoms with E-state index in [0.717, 1.165) is 30.6 Å². The van der Waals surface area contributed by atoms with E-state index in [9.17, 15) is 14.7 Å². The predicted molar refractivity (Wildman–Crippen MR) is 139 cm³/mol. The highest BCUT2D eigenvalue weighted by Crippen LogP contribution is 2.34. The molecule has 1 fully saturated rings. The molecule has 2 N–H and O–H groups in total. The van der Waals surface area contributed by atoms with Crippen LogP contribution in [0.1, 0.15) is 52.4 Å². The molecule has 1 aromatic heterocycles. The molecule has 1 unspecified atom stereocenters. The first-order valence-corrected chi connectivity index (χ1v) is 11.9. The molecular formula is C29H28N2O4. The fourth-order valence-corrected chi connectivity index (χ4v) is 4.96. The summed E-state index contributed by atoms with van der Waals surface area (Å²) in [5.41, 5.74) is 4.23. The van der Waals surface area contributed by atoms with Crippen molar-refractivity contribution in [2.75, 3.05) is 23.3 Å². The maximum atomic E-state index is 13.2. The monoisotopic (exact) mass is 468 g/mol. The highest BCUT2D eigenvalue weighted by Gasteiger charge is 2.26. The molecular weight excluding hydrogens is 440 g/mol. The van der Waals surface area contributed by atoms with Gasteiger partial charge in [0.25, 0.3) is 0 Å². The van der Waals surface area contributed by atoms with E-state index in [0.29, 0.717) is 28.5 Å². The van der Waals surface area contributed by atoms with E-state index >= 15 is 0 Å². The second-order valence-electron chi connectivity index (χ2n) is 9.24. The number of aryl methyl sites for hydroxylation is 1. The Morgan fingerprint density at radius 1 is 1.09 bits per heavy atom. The first-order valence-electron chi connectivity index (χ1n) is 11.9. The van der Waals surface area contributed by atoms with Crippen molar-refractivity contribution in [3.8, 4) is 0 Å². The molecule has 1 aliphatic heterocycles. The van der Waals surface area contributed by atoms with E-state index in [1.54, 1.807) is 30.3 Å². The van der Waals surface area contributed by atoms with Crippen molar-refractivity contribution in [2.24, 2.45) is 0 Å². The molecule has 6 nitrogen and oxygen atoms in total. The summed E-state index contributed by atoms with van der Waals surface area (Å²) in [5, 5.41) is 13.4. The van der Waals surface area contributed by atoms with Crippen LogP contribution in [0.5, 0.6) is 0 Å². The van der Waals surface area contributed by atoms with Gasteiger partial charge in [0, 0.05) is 36.3 Å². The Morgan fingerprint density at radius 2 is 1.83 bits per heavy atom. The Balaban J connectivity index is 1.51. The second-order valence-corrected chi connectivity index (χ2v) is 9.24. The molecule has 3 aromatic carbocycles. The minimum atomic E-state index is -0.995. The van der Waals surface area contributed by atoms with Gasteiger partial charge in [-0.15, -0.1) is 0 Å². The van der Waals surface area contributed by atoms with E-state index < -0.39 is 5.97 Å². The Bertz CT molecular complexity index is 1440. The van der Waals surface area contributed by atoms with Gasteiger partial charge in [0.2, 0.25) is 0 Å². The second kappa shape index (κ2) is 9.29. The van der Waals surface area contributed by atoms with E-state index in [4.69, 9.17) is 4.42 Å². The number of anilines is 2. The fourth-order valence-electron chi connectivity index (χ4n) is 4.96. The smallest absolute Gasteiger partial charge is 0.337 e. The first kappa shape index (κ1) is 22.7. The maximum absolute atomic E-state index is 13.2. The van der Waals surface area contributed by atoms with Crippen LogP contribution < -0.4 is 15.6 Å². The summed E-state index contributed by atoms with van der Waals surface area (Å²) in [5.74, 6) is -0.0304. The third kappa shape index (κ3) is 4.52. The number of para-hydroxylation sites is 1. The normalized spacial score (nSPS) is 16.4. The zero-order valence-electron chi connectivity index (χ0n) is 19.8. The van der Waals surface area contributed by atoms with Gasteiger partial charge in [0.15, 0.2) is 11.3 Å². The molecule has 2 atom stereocenters. The highest BCUT2D eigenvalue weighted by atomic mass is 16.4. The van der Waals surface area contributed by atoms with Crippen LogP contribution in [-0.4, -0.2) is 24.2 Å². The van der Waals surface area contributed by atoms with Crippen LogP contribution in [-0.2, 0) is 0 Å². The number of carboxylic acid groups (broad SMARTS) is 1. The van der Waals surface area contributed by atoms with Crippen LogP contribution in [0.25, 0.3) is 11.0 Å². The van der Waals surface area contributed by atoms with Crippen molar-refractivity contribution >= 4 is 28.5 Å². The van der Waals surface area contributed by atoms with Crippen molar-refractivity contribution in [3.63, 3.8) is 0 Å². The van der Waals surface area contributed by atoms with Crippen LogP contribution >= 0.6 is 0 Å². The first-order chi connectivity index (χ1) is 16.9. The molecule has 0 radical (unpaired) electrons. The molecule has 6 heteroatoms. The summed E-state index contributed by atoms with van der Waals surface area (Å²) in [6.45, 7) is 5.49. The Kier molecular flexibility index (Phi) is 6.03. The molecule has 0 bridgehead atoms. The lowest BCUT2D eigenvalue weighted by Crippen LogP contribution is -2.21. The summed E-state index contributed by atoms with van der Waals surface area (Å²) < 4.78 is 6.40. The number of hydrogen-bond acceptors (Lipinski definition) is 5. The van der Waals surface area contributed by atoms with Crippen molar-refractivity contribution < 1.29 is 14.3 Å². The fraction of sp³-hybridized carbons (Fsp3) is 0.241. The van der Waals surface area contributed by atoms with Crippen LogP contribution in [0.4, 0.5) is 11.6 Å². The molecule has 1 saturated heterocycles. The molecule has 1 aliphatic rings. The number of carboxylic acids is 1. The molecule has 2 heterocycles. The largest absolute Gasteiger partial charge is 0.478 e. The van der Waals surface area contributed by atoms with Gasteiger partial charge in [-0.2, -0.15) is 0 Å². The molecule has 4 aromatic rings. The quantitative estimate of drug-likeness (QED) is 0.363. The van der Waals surface area contributed by atoms with Crippen LogP contribution in [0.2, 0.25) is 0 Å². The molecule has 0 amide bonds. The molecule has 35 heavy (non-hydrogen) atoms. The number of rotatable bonds is 6. The summed E-state index contributed by atoms with van der Waals surface area (Å²) in [6.07, 6.45) is 0.996. The van der Waals surface area contributed by atoms with E-state index in [1.807, 2.05) is 32.0 Å². The Hall–Kier alpha value is -4.06. The molecule has 178 valence electrons. The van der Waals surface area contributed by atoms with Gasteiger partial charge in [-0.1, -0.05) is 48.5 Å². The predicted octanol–water partition coefficient (Wildman–Crippen LogP) is 5.97. The number of fused-ring (bicyclic) bond motifs is 1. The summed E-state index contributed by atoms with van der Waals surface area (Å²) in [6, 6.07) is 22.4. The summed E-state index contributed by atoms with van der Waals surface area (Å²) in [7, 11) is 0. The SMILES string of the molecule is Cc1cc(C(C)Nc2ccccc2C(=O)O)c2oc(N3CC[C@H](c4ccccc4)C3)cc(=O)c2c1. The van der Waals surface area contributed by atoms with Crippen LogP contribution in [0.15, 0.2) is 82.0 Å². The Morgan fingerprint density at radius 3 is 2.60 bits per heavy atom. The lowest BCUT2D eigenvalue weighted by molar-refractivity contribution is 0.0698. The third-order valence-electron chi connectivity index (χ3n) is 6.76. The van der Waals surface area contributed by atoms with Gasteiger partial charge in [0.1, 0.15) is 5.58 Å². The summed E-state index contributed by atoms with van der Waals surface area (Å²) >= 11 is 0. The van der Waals surface area contributed by atoms with Gasteiger partial charge in [-0.3, -0.25) is 4.79 Å². The minimum absolute atomic E-state index is 0.0764. The zero-order chi connectivity index (χ0) is 24.5. The number of nitrogens with zero attached hydrogens (tertiary/aromatic N) is 1. The average Bonchev–Trinajstić information content (AvgIpc) is 3.35. The molecule has 5 rings (SSSR count). The van der Waals surface area contributed by atoms with E-state index in [-0.39, 0.29) is 17.0 Å². The van der Waals surface area contributed by atoms with Crippen molar-refractivity contribution in [3.05, 3.63) is 105 Å². The van der Waals surface area contributed by atoms with Crippen molar-refractivity contribution in [1.29, 1.82) is 0 Å². The van der Waals surface area contributed by atoms with Crippen LogP contribution in [0.3, 0.4) is 0 Å². The maximum Gasteiger partial charge on any atom is 0.337 e.